The van der Waals surface area contributed by atoms with E-state index in [1.165, 1.54) is 0 Å². The first kappa shape index (κ1) is 11.9. The summed E-state index contributed by atoms with van der Waals surface area (Å²) in [5.74, 6) is -0.262. The van der Waals surface area contributed by atoms with Crippen molar-refractivity contribution < 1.29 is 4.39 Å². The monoisotopic (exact) mass is 253 g/mol. The molecule has 12 heavy (non-hydrogen) atoms. The minimum Gasteiger partial charge on any atom is -0.324 e. The van der Waals surface area contributed by atoms with Gasteiger partial charge in [-0.25, -0.2) is 4.39 Å². The Morgan fingerprint density at radius 1 is 1.50 bits per heavy atom. The molecule has 0 bridgehead atoms. The van der Waals surface area contributed by atoms with Gasteiger partial charge in [-0.05, 0) is 28.9 Å². The van der Waals surface area contributed by atoms with Crippen molar-refractivity contribution in [3.63, 3.8) is 0 Å². The fourth-order valence-corrected chi connectivity index (χ4v) is 1.25. The van der Waals surface area contributed by atoms with Gasteiger partial charge in [0.2, 0.25) is 0 Å². The molecule has 1 aromatic carbocycles. The van der Waals surface area contributed by atoms with Crippen LogP contribution in [0.2, 0.25) is 0 Å². The summed E-state index contributed by atoms with van der Waals surface area (Å²) < 4.78 is 13.6. The summed E-state index contributed by atoms with van der Waals surface area (Å²) >= 11 is 3.08. The van der Waals surface area contributed by atoms with Crippen LogP contribution in [-0.2, 0) is 0 Å². The minimum atomic E-state index is -0.262. The molecule has 0 aliphatic carbocycles. The summed E-state index contributed by atoms with van der Waals surface area (Å²) in [6, 6.07) is 4.85. The van der Waals surface area contributed by atoms with E-state index in [9.17, 15) is 4.39 Å². The molecule has 68 valence electrons. The van der Waals surface area contributed by atoms with Crippen molar-refractivity contribution in [2.24, 2.45) is 5.73 Å². The highest BCUT2D eigenvalue weighted by atomic mass is 79.9. The van der Waals surface area contributed by atoms with Crippen LogP contribution in [0, 0.1) is 5.82 Å². The third-order valence-corrected chi connectivity index (χ3v) is 2.08. The Bertz CT molecular complexity index is 265. The molecule has 0 heterocycles. The molecule has 1 nitrogen and oxygen atoms in total. The fourth-order valence-electron chi connectivity index (χ4n) is 0.872. The Morgan fingerprint density at radius 2 is 2.08 bits per heavy atom. The predicted octanol–water partition coefficient (Wildman–Crippen LogP) is 3.03. The number of rotatable bonds is 1. The summed E-state index contributed by atoms with van der Waals surface area (Å²) in [5, 5.41) is 0. The predicted molar refractivity (Wildman–Crippen MR) is 54.0 cm³/mol. The van der Waals surface area contributed by atoms with Crippen LogP contribution >= 0.6 is 28.3 Å². The second-order valence-corrected chi connectivity index (χ2v) is 3.29. The molecular formula is C8H10BrClFN. The number of hydrogen-bond acceptors (Lipinski definition) is 1. The smallest absolute Gasteiger partial charge is 0.142 e. The van der Waals surface area contributed by atoms with E-state index in [-0.39, 0.29) is 24.3 Å². The fraction of sp³-hybridized carbons (Fsp3) is 0.250. The molecule has 0 radical (unpaired) electrons. The van der Waals surface area contributed by atoms with Gasteiger partial charge in [-0.1, -0.05) is 12.1 Å². The standard InChI is InChI=1S/C8H9BrFN.ClH/c1-5(11)6-3-2-4-7(9)8(6)10;/h2-5H,11H2,1H3;1H/t5-;/m1./s1. The van der Waals surface area contributed by atoms with Crippen molar-refractivity contribution in [1.29, 1.82) is 0 Å². The average molecular weight is 255 g/mol. The second kappa shape index (κ2) is 4.80. The van der Waals surface area contributed by atoms with Gasteiger partial charge in [-0.15, -0.1) is 12.4 Å². The van der Waals surface area contributed by atoms with E-state index in [0.717, 1.165) is 0 Å². The summed E-state index contributed by atoms with van der Waals surface area (Å²) in [6.07, 6.45) is 0. The SMILES string of the molecule is C[C@@H](N)c1cccc(Br)c1F.Cl. The zero-order valence-corrected chi connectivity index (χ0v) is 8.95. The van der Waals surface area contributed by atoms with Crippen LogP contribution in [0.25, 0.3) is 0 Å². The van der Waals surface area contributed by atoms with E-state index in [2.05, 4.69) is 15.9 Å². The summed E-state index contributed by atoms with van der Waals surface area (Å²) in [4.78, 5) is 0. The van der Waals surface area contributed by atoms with E-state index in [1.807, 2.05) is 0 Å². The van der Waals surface area contributed by atoms with Crippen LogP contribution in [0.5, 0.6) is 0 Å². The maximum absolute atomic E-state index is 13.1. The van der Waals surface area contributed by atoms with Crippen LogP contribution in [0.4, 0.5) is 4.39 Å². The van der Waals surface area contributed by atoms with Crippen molar-refractivity contribution in [1.82, 2.24) is 0 Å². The van der Waals surface area contributed by atoms with Crippen molar-refractivity contribution in [3.05, 3.63) is 34.1 Å². The normalized spacial score (nSPS) is 12.0. The van der Waals surface area contributed by atoms with Crippen LogP contribution in [0.15, 0.2) is 22.7 Å². The number of hydrogen-bond donors (Lipinski definition) is 1. The molecule has 4 heteroatoms. The van der Waals surface area contributed by atoms with Gasteiger partial charge in [0.05, 0.1) is 4.47 Å². The van der Waals surface area contributed by atoms with Crippen LogP contribution in [-0.4, -0.2) is 0 Å². The second-order valence-electron chi connectivity index (χ2n) is 2.43. The lowest BCUT2D eigenvalue weighted by Gasteiger charge is -2.06. The third-order valence-electron chi connectivity index (χ3n) is 1.47. The lowest BCUT2D eigenvalue weighted by atomic mass is 10.1. The van der Waals surface area contributed by atoms with E-state index in [0.29, 0.717) is 10.0 Å². The number of benzene rings is 1. The lowest BCUT2D eigenvalue weighted by Crippen LogP contribution is -2.07. The highest BCUT2D eigenvalue weighted by Crippen LogP contribution is 2.21. The van der Waals surface area contributed by atoms with Crippen LogP contribution in [0.1, 0.15) is 18.5 Å². The Morgan fingerprint density at radius 3 is 2.50 bits per heavy atom. The highest BCUT2D eigenvalue weighted by Gasteiger charge is 2.08. The molecule has 0 amide bonds. The van der Waals surface area contributed by atoms with Gasteiger partial charge in [-0.2, -0.15) is 0 Å². The van der Waals surface area contributed by atoms with Crippen LogP contribution in [0.3, 0.4) is 0 Å². The lowest BCUT2D eigenvalue weighted by molar-refractivity contribution is 0.587. The average Bonchev–Trinajstić information content (AvgIpc) is 1.94. The molecule has 1 atom stereocenters. The summed E-state index contributed by atoms with van der Waals surface area (Å²) in [6.45, 7) is 1.75. The molecule has 0 unspecified atom stereocenters. The van der Waals surface area contributed by atoms with E-state index < -0.39 is 0 Å². The molecule has 2 N–H and O–H groups in total. The summed E-state index contributed by atoms with van der Waals surface area (Å²) in [7, 11) is 0. The zero-order valence-electron chi connectivity index (χ0n) is 6.55. The third kappa shape index (κ3) is 2.44. The van der Waals surface area contributed by atoms with Gasteiger partial charge >= 0.3 is 0 Å². The molecule has 1 rings (SSSR count). The van der Waals surface area contributed by atoms with E-state index >= 15 is 0 Å². The van der Waals surface area contributed by atoms with Gasteiger partial charge in [0, 0.05) is 11.6 Å². The van der Waals surface area contributed by atoms with Crippen molar-refractivity contribution in [2.75, 3.05) is 0 Å². The molecule has 0 aromatic heterocycles. The maximum atomic E-state index is 13.1. The Labute approximate surface area is 85.7 Å². The molecule has 0 saturated carbocycles. The molecule has 0 aliphatic heterocycles. The first-order valence-corrected chi connectivity index (χ1v) is 4.11. The van der Waals surface area contributed by atoms with Crippen molar-refractivity contribution in [2.45, 2.75) is 13.0 Å². The quantitative estimate of drug-likeness (QED) is 0.819. The van der Waals surface area contributed by atoms with E-state index in [4.69, 9.17) is 5.73 Å². The molecule has 1 aromatic rings. The van der Waals surface area contributed by atoms with Gasteiger partial charge in [0.15, 0.2) is 0 Å². The zero-order chi connectivity index (χ0) is 8.43. The highest BCUT2D eigenvalue weighted by molar-refractivity contribution is 9.10. The van der Waals surface area contributed by atoms with Gasteiger partial charge < -0.3 is 5.73 Å². The Hall–Kier alpha value is -0.120. The van der Waals surface area contributed by atoms with Crippen LogP contribution < -0.4 is 5.73 Å². The largest absolute Gasteiger partial charge is 0.324 e. The number of halogens is 3. The molecule has 0 saturated heterocycles. The van der Waals surface area contributed by atoms with E-state index in [1.54, 1.807) is 25.1 Å². The first-order valence-electron chi connectivity index (χ1n) is 3.32. The summed E-state index contributed by atoms with van der Waals surface area (Å²) in [5.41, 5.74) is 6.06. The molecule has 0 spiro atoms. The van der Waals surface area contributed by atoms with Crippen molar-refractivity contribution >= 4 is 28.3 Å². The first-order chi connectivity index (χ1) is 5.13. The van der Waals surface area contributed by atoms with Gasteiger partial charge in [-0.3, -0.25) is 0 Å². The molecular weight excluding hydrogens is 244 g/mol. The van der Waals surface area contributed by atoms with Crippen molar-refractivity contribution in [3.8, 4) is 0 Å². The molecule has 0 fully saturated rings. The van der Waals surface area contributed by atoms with Gasteiger partial charge in [0.25, 0.3) is 0 Å². The number of nitrogens with two attached hydrogens (primary N) is 1. The molecule has 0 aliphatic rings. The Balaban J connectivity index is 0.00000121. The Kier molecular flexibility index (Phi) is 4.75. The minimum absolute atomic E-state index is 0. The maximum Gasteiger partial charge on any atom is 0.142 e. The van der Waals surface area contributed by atoms with Gasteiger partial charge in [0.1, 0.15) is 5.82 Å². The topological polar surface area (TPSA) is 26.0 Å².